The summed E-state index contributed by atoms with van der Waals surface area (Å²) in [7, 11) is 0. The van der Waals surface area contributed by atoms with Gasteiger partial charge < -0.3 is 0 Å². The quantitative estimate of drug-likeness (QED) is 0.228. The molecule has 0 amide bonds. The molecule has 0 heterocycles. The molecule has 4 rings (SSSR count). The van der Waals surface area contributed by atoms with Crippen molar-refractivity contribution in [3.63, 3.8) is 0 Å². The molecule has 0 aliphatic rings. The maximum absolute atomic E-state index is 14.6. The summed E-state index contributed by atoms with van der Waals surface area (Å²) in [6.45, 7) is 2.03. The molecule has 0 aliphatic heterocycles. The molecule has 0 bridgehead atoms. The molecule has 4 heteroatoms. The maximum Gasteiger partial charge on any atom is 0.159 e. The molecule has 0 radical (unpaired) electrons. The van der Waals surface area contributed by atoms with Crippen LogP contribution < -0.4 is 0 Å². The number of hydrogen-bond acceptors (Lipinski definition) is 0. The van der Waals surface area contributed by atoms with Crippen molar-refractivity contribution in [1.29, 1.82) is 0 Å². The number of benzene rings is 4. The van der Waals surface area contributed by atoms with Crippen molar-refractivity contribution in [2.75, 3.05) is 0 Å². The Morgan fingerprint density at radius 3 is 1.88 bits per heavy atom. The van der Waals surface area contributed by atoms with Crippen LogP contribution in [0.5, 0.6) is 0 Å². The molecule has 0 fully saturated rings. The first-order chi connectivity index (χ1) is 15.4. The largest absolute Gasteiger partial charge is 0.206 e. The van der Waals surface area contributed by atoms with Gasteiger partial charge in [-0.15, -0.1) is 0 Å². The number of fused-ring (bicyclic) bond motifs is 1. The Bertz CT molecular complexity index is 1320. The minimum absolute atomic E-state index is 0.0476. The van der Waals surface area contributed by atoms with E-state index in [1.807, 2.05) is 6.92 Å². The molecule has 4 aromatic rings. The van der Waals surface area contributed by atoms with Gasteiger partial charge in [0, 0.05) is 11.1 Å². The lowest BCUT2D eigenvalue weighted by atomic mass is 9.99. The van der Waals surface area contributed by atoms with Gasteiger partial charge in [0.2, 0.25) is 0 Å². The Labute approximate surface area is 184 Å². The minimum atomic E-state index is -0.906. The smallest absolute Gasteiger partial charge is 0.159 e. The van der Waals surface area contributed by atoms with Gasteiger partial charge in [0.15, 0.2) is 11.6 Å². The van der Waals surface area contributed by atoms with Gasteiger partial charge in [-0.1, -0.05) is 43.4 Å². The van der Waals surface area contributed by atoms with Crippen LogP contribution >= 0.6 is 0 Å². The molecular weight excluding hydrogens is 412 g/mol. The lowest BCUT2D eigenvalue weighted by Crippen LogP contribution is -1.95. The van der Waals surface area contributed by atoms with Gasteiger partial charge in [-0.2, -0.15) is 0 Å². The van der Waals surface area contributed by atoms with Gasteiger partial charge in [-0.3, -0.25) is 0 Å². The maximum atomic E-state index is 14.6. The van der Waals surface area contributed by atoms with E-state index in [1.165, 1.54) is 12.1 Å². The van der Waals surface area contributed by atoms with Crippen molar-refractivity contribution < 1.29 is 17.6 Å². The second-order valence-corrected chi connectivity index (χ2v) is 7.69. The highest BCUT2D eigenvalue weighted by atomic mass is 19.2. The normalized spacial score (nSPS) is 10.8. The zero-order valence-corrected chi connectivity index (χ0v) is 17.5. The highest BCUT2D eigenvalue weighted by Gasteiger charge is 2.13. The zero-order valence-electron chi connectivity index (χ0n) is 17.5. The second kappa shape index (κ2) is 9.28. The minimum Gasteiger partial charge on any atom is -0.206 e. The fourth-order valence-corrected chi connectivity index (χ4v) is 3.61. The molecule has 0 aromatic heterocycles. The Morgan fingerprint density at radius 2 is 1.22 bits per heavy atom. The number of unbranched alkanes of at least 4 members (excludes halogenated alkanes) is 1. The second-order valence-electron chi connectivity index (χ2n) is 7.69. The van der Waals surface area contributed by atoms with Gasteiger partial charge >= 0.3 is 0 Å². The molecule has 0 aliphatic carbocycles. The van der Waals surface area contributed by atoms with Crippen LogP contribution in [0.2, 0.25) is 0 Å². The summed E-state index contributed by atoms with van der Waals surface area (Å²) in [5.41, 5.74) is 2.36. The van der Waals surface area contributed by atoms with Crippen molar-refractivity contribution in [2.24, 2.45) is 0 Å². The highest BCUT2D eigenvalue weighted by Crippen LogP contribution is 2.28. The number of hydrogen-bond donors (Lipinski definition) is 0. The molecule has 0 saturated heterocycles. The van der Waals surface area contributed by atoms with E-state index in [9.17, 15) is 17.6 Å². The topological polar surface area (TPSA) is 0 Å². The van der Waals surface area contributed by atoms with E-state index in [0.29, 0.717) is 39.4 Å². The summed E-state index contributed by atoms with van der Waals surface area (Å²) in [6, 6.07) is 16.8. The van der Waals surface area contributed by atoms with E-state index < -0.39 is 23.3 Å². The van der Waals surface area contributed by atoms with Crippen LogP contribution in [0, 0.1) is 35.1 Å². The Balaban J connectivity index is 1.57. The summed E-state index contributed by atoms with van der Waals surface area (Å²) in [6.07, 6.45) is 2.49. The van der Waals surface area contributed by atoms with Gasteiger partial charge in [-0.05, 0) is 83.3 Å². The first-order valence-electron chi connectivity index (χ1n) is 10.4. The third kappa shape index (κ3) is 4.68. The molecule has 4 aromatic carbocycles. The predicted octanol–water partition coefficient (Wildman–Crippen LogP) is 7.81. The van der Waals surface area contributed by atoms with E-state index in [0.717, 1.165) is 25.0 Å². The molecule has 0 unspecified atom stereocenters. The molecule has 32 heavy (non-hydrogen) atoms. The first kappa shape index (κ1) is 21.6. The van der Waals surface area contributed by atoms with E-state index in [4.69, 9.17) is 0 Å². The van der Waals surface area contributed by atoms with Crippen molar-refractivity contribution in [1.82, 2.24) is 0 Å². The summed E-state index contributed by atoms with van der Waals surface area (Å²) < 4.78 is 55.9. The summed E-state index contributed by atoms with van der Waals surface area (Å²) in [5.74, 6) is 3.02. The van der Waals surface area contributed by atoms with Crippen molar-refractivity contribution in [3.8, 4) is 23.0 Å². The van der Waals surface area contributed by atoms with Gasteiger partial charge in [0.25, 0.3) is 0 Å². The van der Waals surface area contributed by atoms with Crippen LogP contribution in [0.1, 0.15) is 36.5 Å². The third-order valence-corrected chi connectivity index (χ3v) is 5.33. The highest BCUT2D eigenvalue weighted by molar-refractivity contribution is 5.84. The van der Waals surface area contributed by atoms with Crippen molar-refractivity contribution in [3.05, 3.63) is 107 Å². The van der Waals surface area contributed by atoms with Crippen LogP contribution in [0.25, 0.3) is 21.9 Å². The van der Waals surface area contributed by atoms with E-state index in [1.54, 1.807) is 42.5 Å². The van der Waals surface area contributed by atoms with Crippen molar-refractivity contribution >= 4 is 10.8 Å². The van der Waals surface area contributed by atoms with E-state index in [2.05, 4.69) is 11.8 Å². The van der Waals surface area contributed by atoms with Gasteiger partial charge in [0.05, 0.1) is 5.56 Å². The number of halogens is 4. The molecule has 0 nitrogen and oxygen atoms in total. The van der Waals surface area contributed by atoms with Gasteiger partial charge in [-0.25, -0.2) is 17.6 Å². The zero-order chi connectivity index (χ0) is 22.7. The predicted molar refractivity (Wildman–Crippen MR) is 120 cm³/mol. The number of aryl methyl sites for hydroxylation is 1. The number of rotatable bonds is 4. The lowest BCUT2D eigenvalue weighted by molar-refractivity contribution is 0.511. The van der Waals surface area contributed by atoms with E-state index in [-0.39, 0.29) is 5.56 Å². The van der Waals surface area contributed by atoms with Gasteiger partial charge in [0.1, 0.15) is 11.6 Å². The van der Waals surface area contributed by atoms with Crippen LogP contribution in [-0.2, 0) is 6.42 Å². The Hall–Kier alpha value is -3.58. The van der Waals surface area contributed by atoms with Crippen LogP contribution in [0.4, 0.5) is 17.6 Å². The molecular formula is C28H20F4. The SMILES string of the molecule is CCCCc1cc(F)c(-c2ccc(C#Cc3ccc4cc(F)c(F)cc4c3)cc2)c(F)c1. The monoisotopic (exact) mass is 432 g/mol. The summed E-state index contributed by atoms with van der Waals surface area (Å²) in [5, 5.41) is 1.14. The molecule has 0 atom stereocenters. The summed E-state index contributed by atoms with van der Waals surface area (Å²) >= 11 is 0. The Morgan fingerprint density at radius 1 is 0.625 bits per heavy atom. The lowest BCUT2D eigenvalue weighted by Gasteiger charge is -2.08. The first-order valence-corrected chi connectivity index (χ1v) is 10.4. The van der Waals surface area contributed by atoms with Crippen molar-refractivity contribution in [2.45, 2.75) is 26.2 Å². The average Bonchev–Trinajstić information content (AvgIpc) is 2.77. The van der Waals surface area contributed by atoms with Crippen LogP contribution in [0.15, 0.2) is 66.7 Å². The van der Waals surface area contributed by atoms with Crippen LogP contribution in [0.3, 0.4) is 0 Å². The third-order valence-electron chi connectivity index (χ3n) is 5.33. The fraction of sp³-hybridized carbons (Fsp3) is 0.143. The van der Waals surface area contributed by atoms with Crippen LogP contribution in [-0.4, -0.2) is 0 Å². The molecule has 0 N–H and O–H groups in total. The molecule has 0 spiro atoms. The fourth-order valence-electron chi connectivity index (χ4n) is 3.61. The molecule has 0 saturated carbocycles. The van der Waals surface area contributed by atoms with E-state index >= 15 is 0 Å². The Kier molecular flexibility index (Phi) is 6.28. The summed E-state index contributed by atoms with van der Waals surface area (Å²) in [4.78, 5) is 0. The standard InChI is InChI=1S/C28H20F4/c1-2-3-4-20-14-26(31)28(27(32)15-20)21-10-7-18(8-11-21)5-6-19-9-12-22-16-24(29)25(30)17-23(22)13-19/h7-17H,2-4H2,1H3. The molecule has 160 valence electrons. The average molecular weight is 432 g/mol.